The third kappa shape index (κ3) is 6.03. The highest BCUT2D eigenvalue weighted by Crippen LogP contribution is 2.35. The van der Waals surface area contributed by atoms with Crippen molar-refractivity contribution in [1.29, 1.82) is 0 Å². The number of benzene rings is 2. The van der Waals surface area contributed by atoms with Crippen LogP contribution in [0.2, 0.25) is 0 Å². The van der Waals surface area contributed by atoms with E-state index in [4.69, 9.17) is 14.2 Å². The number of anilines is 1. The van der Waals surface area contributed by atoms with Crippen LogP contribution in [-0.2, 0) is 14.3 Å². The number of rotatable bonds is 8. The molecule has 2 N–H and O–H groups in total. The Morgan fingerprint density at radius 1 is 0.970 bits per heavy atom. The number of nitrogens with one attached hydrogen (secondary N) is 2. The van der Waals surface area contributed by atoms with Crippen LogP contribution in [0, 0.1) is 5.41 Å². The molecule has 2 aromatic rings. The van der Waals surface area contributed by atoms with Crippen molar-refractivity contribution in [1.82, 2.24) is 5.32 Å². The lowest BCUT2D eigenvalue weighted by atomic mass is 9.95. The van der Waals surface area contributed by atoms with Gasteiger partial charge in [0, 0.05) is 29.2 Å². The Morgan fingerprint density at radius 3 is 2.12 bits per heavy atom. The lowest BCUT2D eigenvalue weighted by Crippen LogP contribution is -2.34. The minimum Gasteiger partial charge on any atom is -0.493 e. The van der Waals surface area contributed by atoms with Crippen LogP contribution < -0.4 is 20.1 Å². The Bertz CT molecular complexity index is 1030. The van der Waals surface area contributed by atoms with Gasteiger partial charge in [0.2, 0.25) is 12.0 Å². The summed E-state index contributed by atoms with van der Waals surface area (Å²) in [4.78, 5) is 38.8. The summed E-state index contributed by atoms with van der Waals surface area (Å²) in [5, 5.41) is 5.65. The summed E-state index contributed by atoms with van der Waals surface area (Å²) in [6.07, 6.45) is 0.665. The number of hydrogen-bond acceptors (Lipinski definition) is 6. The number of methoxy groups -OCH3 is 2. The van der Waals surface area contributed by atoms with E-state index in [2.05, 4.69) is 10.6 Å². The van der Waals surface area contributed by atoms with Crippen LogP contribution in [0.15, 0.2) is 42.5 Å². The molecule has 0 heterocycles. The molecule has 2 amide bonds. The largest absolute Gasteiger partial charge is 0.493 e. The van der Waals surface area contributed by atoms with Crippen molar-refractivity contribution >= 4 is 23.5 Å². The molecule has 1 atom stereocenters. The van der Waals surface area contributed by atoms with Crippen molar-refractivity contribution in [2.75, 3.05) is 19.5 Å². The maximum Gasteiger partial charge on any atom is 0.341 e. The molecule has 0 bridgehead atoms. The SMILES string of the molecule is COc1cc(NC(=O)C(C)(C)C)c(C(=O)O[C@H](C(=O)NC2CC2)c2ccccc2)cc1OC. The molecule has 1 aliphatic rings. The van der Waals surface area contributed by atoms with E-state index in [1.54, 1.807) is 45.0 Å². The average Bonchev–Trinajstić information content (AvgIpc) is 3.60. The van der Waals surface area contributed by atoms with Gasteiger partial charge in [-0.1, -0.05) is 51.1 Å². The first-order valence-electron chi connectivity index (χ1n) is 10.8. The van der Waals surface area contributed by atoms with Crippen LogP contribution in [0.5, 0.6) is 11.5 Å². The molecular weight excluding hydrogens is 424 g/mol. The minimum atomic E-state index is -1.14. The maximum atomic E-state index is 13.3. The fourth-order valence-corrected chi connectivity index (χ4v) is 3.04. The molecule has 1 aliphatic carbocycles. The van der Waals surface area contributed by atoms with Gasteiger partial charge in [0.1, 0.15) is 0 Å². The quantitative estimate of drug-likeness (QED) is 0.587. The van der Waals surface area contributed by atoms with E-state index < -0.39 is 23.4 Å². The Morgan fingerprint density at radius 2 is 1.58 bits per heavy atom. The third-order valence-corrected chi connectivity index (χ3v) is 5.16. The summed E-state index contributed by atoms with van der Waals surface area (Å²) >= 11 is 0. The molecule has 0 spiro atoms. The molecule has 0 unspecified atom stereocenters. The molecule has 2 aromatic carbocycles. The van der Waals surface area contributed by atoms with Crippen LogP contribution in [0.1, 0.15) is 55.6 Å². The average molecular weight is 455 g/mol. The second-order valence-electron chi connectivity index (χ2n) is 8.94. The van der Waals surface area contributed by atoms with Crippen LogP contribution in [0.25, 0.3) is 0 Å². The molecule has 0 radical (unpaired) electrons. The zero-order valence-corrected chi connectivity index (χ0v) is 19.6. The molecule has 1 fully saturated rings. The van der Waals surface area contributed by atoms with Gasteiger partial charge < -0.3 is 24.8 Å². The molecule has 0 aliphatic heterocycles. The van der Waals surface area contributed by atoms with Crippen molar-refractivity contribution in [3.63, 3.8) is 0 Å². The zero-order chi connectivity index (χ0) is 24.2. The number of esters is 1. The normalized spacial score (nSPS) is 14.1. The number of carbonyl (C=O) groups excluding carboxylic acids is 3. The molecule has 8 heteroatoms. The first kappa shape index (κ1) is 24.1. The molecular formula is C25H30N2O6. The monoisotopic (exact) mass is 454 g/mol. The van der Waals surface area contributed by atoms with Gasteiger partial charge in [-0.3, -0.25) is 9.59 Å². The van der Waals surface area contributed by atoms with E-state index in [-0.39, 0.29) is 28.9 Å². The number of amides is 2. The van der Waals surface area contributed by atoms with Crippen LogP contribution in [-0.4, -0.2) is 38.0 Å². The number of ether oxygens (including phenoxy) is 3. The van der Waals surface area contributed by atoms with Gasteiger partial charge in [0.25, 0.3) is 5.91 Å². The summed E-state index contributed by atoms with van der Waals surface area (Å²) in [6, 6.07) is 11.8. The molecule has 1 saturated carbocycles. The predicted octanol–water partition coefficient (Wildman–Crippen LogP) is 3.87. The molecule has 3 rings (SSSR count). The minimum absolute atomic E-state index is 0.0467. The topological polar surface area (TPSA) is 103 Å². The second kappa shape index (κ2) is 9.94. The van der Waals surface area contributed by atoms with Gasteiger partial charge >= 0.3 is 5.97 Å². The van der Waals surface area contributed by atoms with Crippen molar-refractivity contribution in [3.05, 3.63) is 53.6 Å². The van der Waals surface area contributed by atoms with Gasteiger partial charge in [-0.25, -0.2) is 4.79 Å². The summed E-state index contributed by atoms with van der Waals surface area (Å²) in [5.74, 6) is -0.839. The predicted molar refractivity (Wildman–Crippen MR) is 123 cm³/mol. The van der Waals surface area contributed by atoms with Gasteiger partial charge in [0.05, 0.1) is 25.5 Å². The standard InChI is InChI=1S/C25H30N2O6/c1-25(2,3)24(30)27-18-14-20(32-5)19(31-4)13-17(18)23(29)33-21(15-9-7-6-8-10-15)22(28)26-16-11-12-16/h6-10,13-14,16,21H,11-12H2,1-5H3,(H,26,28)(H,27,30)/t21-/m0/s1. The lowest BCUT2D eigenvalue weighted by molar-refractivity contribution is -0.130. The highest BCUT2D eigenvalue weighted by molar-refractivity contribution is 6.04. The summed E-state index contributed by atoms with van der Waals surface area (Å²) in [6.45, 7) is 5.28. The maximum absolute atomic E-state index is 13.3. The van der Waals surface area contributed by atoms with Crippen LogP contribution in [0.3, 0.4) is 0 Å². The van der Waals surface area contributed by atoms with Crippen molar-refractivity contribution < 1.29 is 28.6 Å². The van der Waals surface area contributed by atoms with E-state index in [1.165, 1.54) is 26.4 Å². The first-order valence-corrected chi connectivity index (χ1v) is 10.8. The van der Waals surface area contributed by atoms with Crippen LogP contribution >= 0.6 is 0 Å². The van der Waals surface area contributed by atoms with E-state index >= 15 is 0 Å². The van der Waals surface area contributed by atoms with E-state index in [9.17, 15) is 14.4 Å². The fraction of sp³-hybridized carbons (Fsp3) is 0.400. The highest BCUT2D eigenvalue weighted by atomic mass is 16.5. The Kier molecular flexibility index (Phi) is 7.26. The third-order valence-electron chi connectivity index (χ3n) is 5.16. The van der Waals surface area contributed by atoms with E-state index in [1.807, 2.05) is 6.07 Å². The molecule has 0 aromatic heterocycles. The summed E-state index contributed by atoms with van der Waals surface area (Å²) in [7, 11) is 2.90. The van der Waals surface area contributed by atoms with Crippen LogP contribution in [0.4, 0.5) is 5.69 Å². The molecule has 0 saturated heterocycles. The fourth-order valence-electron chi connectivity index (χ4n) is 3.04. The van der Waals surface area contributed by atoms with E-state index in [0.29, 0.717) is 11.3 Å². The summed E-state index contributed by atoms with van der Waals surface area (Å²) in [5.41, 5.74) is 0.0903. The van der Waals surface area contributed by atoms with Crippen molar-refractivity contribution in [2.45, 2.75) is 45.8 Å². The van der Waals surface area contributed by atoms with E-state index in [0.717, 1.165) is 12.8 Å². The molecule has 176 valence electrons. The van der Waals surface area contributed by atoms with Gasteiger partial charge in [0.15, 0.2) is 11.5 Å². The Balaban J connectivity index is 1.96. The first-order chi connectivity index (χ1) is 15.6. The smallest absolute Gasteiger partial charge is 0.341 e. The molecule has 8 nitrogen and oxygen atoms in total. The second-order valence-corrected chi connectivity index (χ2v) is 8.94. The lowest BCUT2D eigenvalue weighted by Gasteiger charge is -2.22. The number of carbonyl (C=O) groups is 3. The van der Waals surface area contributed by atoms with Gasteiger partial charge in [-0.05, 0) is 12.8 Å². The molecule has 33 heavy (non-hydrogen) atoms. The Labute approximate surface area is 193 Å². The van der Waals surface area contributed by atoms with Crippen molar-refractivity contribution in [2.24, 2.45) is 5.41 Å². The van der Waals surface area contributed by atoms with Gasteiger partial charge in [-0.15, -0.1) is 0 Å². The Hall–Kier alpha value is -3.55. The highest BCUT2D eigenvalue weighted by Gasteiger charge is 2.32. The number of hydrogen-bond donors (Lipinski definition) is 2. The van der Waals surface area contributed by atoms with Gasteiger partial charge in [-0.2, -0.15) is 0 Å². The van der Waals surface area contributed by atoms with Crippen molar-refractivity contribution in [3.8, 4) is 11.5 Å². The zero-order valence-electron chi connectivity index (χ0n) is 19.6. The summed E-state index contributed by atoms with van der Waals surface area (Å²) < 4.78 is 16.3.